The van der Waals surface area contributed by atoms with E-state index in [9.17, 15) is 9.59 Å². The van der Waals surface area contributed by atoms with Crippen molar-refractivity contribution in [2.75, 3.05) is 27.2 Å². The maximum Gasteiger partial charge on any atom is 0.275 e. The van der Waals surface area contributed by atoms with Crippen molar-refractivity contribution in [1.82, 2.24) is 14.8 Å². The second-order valence-electron chi connectivity index (χ2n) is 7.09. The van der Waals surface area contributed by atoms with Gasteiger partial charge in [0.15, 0.2) is 11.6 Å². The van der Waals surface area contributed by atoms with Crippen LogP contribution in [0.5, 0.6) is 0 Å². The van der Waals surface area contributed by atoms with Gasteiger partial charge in [-0.25, -0.2) is 4.98 Å². The molecule has 2 amide bonds. The van der Waals surface area contributed by atoms with E-state index in [0.717, 1.165) is 24.0 Å². The van der Waals surface area contributed by atoms with Gasteiger partial charge >= 0.3 is 0 Å². The van der Waals surface area contributed by atoms with E-state index >= 15 is 0 Å². The Bertz CT molecular complexity index is 817. The molecule has 0 saturated carbocycles. The van der Waals surface area contributed by atoms with Gasteiger partial charge in [-0.3, -0.25) is 9.59 Å². The quantitative estimate of drug-likeness (QED) is 0.849. The number of carbonyl (C=O) groups excluding carboxylic acids is 2. The lowest BCUT2D eigenvalue weighted by Crippen LogP contribution is -2.38. The number of rotatable bonds is 3. The lowest BCUT2D eigenvalue weighted by Gasteiger charge is -2.30. The van der Waals surface area contributed by atoms with Crippen LogP contribution in [-0.4, -0.2) is 53.8 Å². The van der Waals surface area contributed by atoms with E-state index in [1.54, 1.807) is 21.0 Å². The summed E-state index contributed by atoms with van der Waals surface area (Å²) in [5.41, 5.74) is 2.19. The third kappa shape index (κ3) is 3.64. The van der Waals surface area contributed by atoms with Crippen molar-refractivity contribution in [2.45, 2.75) is 32.6 Å². The molecule has 0 atom stereocenters. The second-order valence-corrected chi connectivity index (χ2v) is 7.09. The van der Waals surface area contributed by atoms with Crippen molar-refractivity contribution in [3.05, 3.63) is 52.7 Å². The molecule has 1 saturated heterocycles. The summed E-state index contributed by atoms with van der Waals surface area (Å²) in [4.78, 5) is 32.6. The molecule has 0 aliphatic carbocycles. The normalized spacial score (nSPS) is 15.2. The molecule has 0 bridgehead atoms. The Morgan fingerprint density at radius 1 is 1.19 bits per heavy atom. The number of carbonyl (C=O) groups is 2. The highest BCUT2D eigenvalue weighted by Crippen LogP contribution is 2.29. The molecule has 26 heavy (non-hydrogen) atoms. The van der Waals surface area contributed by atoms with Gasteiger partial charge in [0.2, 0.25) is 0 Å². The molecule has 3 rings (SSSR count). The van der Waals surface area contributed by atoms with Crippen LogP contribution < -0.4 is 0 Å². The van der Waals surface area contributed by atoms with Crippen LogP contribution >= 0.6 is 0 Å². The SMILES string of the molecule is Cc1cccc(C(=O)N2CCC(c3nc(C(=O)N(C)C)c(C)o3)CC2)c1. The Morgan fingerprint density at radius 3 is 2.50 bits per heavy atom. The first-order chi connectivity index (χ1) is 12.4. The van der Waals surface area contributed by atoms with Gasteiger partial charge in [0.05, 0.1) is 0 Å². The lowest BCUT2D eigenvalue weighted by atomic mass is 9.96. The number of piperidine rings is 1. The monoisotopic (exact) mass is 355 g/mol. The molecule has 6 heteroatoms. The van der Waals surface area contributed by atoms with Crippen molar-refractivity contribution in [3.8, 4) is 0 Å². The van der Waals surface area contributed by atoms with E-state index in [4.69, 9.17) is 4.42 Å². The highest BCUT2D eigenvalue weighted by Gasteiger charge is 2.29. The topological polar surface area (TPSA) is 66.7 Å². The van der Waals surface area contributed by atoms with Crippen LogP contribution in [-0.2, 0) is 0 Å². The standard InChI is InChI=1S/C20H25N3O3/c1-13-6-5-7-16(12-13)19(24)23-10-8-15(9-11-23)18-21-17(14(2)26-18)20(25)22(3)4/h5-7,12,15H,8-11H2,1-4H3. The predicted molar refractivity (Wildman–Crippen MR) is 98.3 cm³/mol. The number of likely N-dealkylation sites (tertiary alicyclic amines) is 1. The molecule has 1 aromatic heterocycles. The van der Waals surface area contributed by atoms with E-state index in [1.165, 1.54) is 4.90 Å². The van der Waals surface area contributed by atoms with Crippen LogP contribution in [0.4, 0.5) is 0 Å². The Morgan fingerprint density at radius 2 is 1.88 bits per heavy atom. The summed E-state index contributed by atoms with van der Waals surface area (Å²) in [5, 5.41) is 0. The first-order valence-corrected chi connectivity index (χ1v) is 8.91. The summed E-state index contributed by atoms with van der Waals surface area (Å²) in [6, 6.07) is 7.68. The molecule has 1 aromatic carbocycles. The van der Waals surface area contributed by atoms with E-state index in [1.807, 2.05) is 36.1 Å². The number of benzene rings is 1. The van der Waals surface area contributed by atoms with Crippen LogP contribution in [0.15, 0.2) is 28.7 Å². The van der Waals surface area contributed by atoms with Gasteiger partial charge in [0, 0.05) is 38.7 Å². The number of oxazole rings is 1. The first kappa shape index (κ1) is 18.2. The number of aromatic nitrogens is 1. The van der Waals surface area contributed by atoms with Crippen molar-refractivity contribution in [1.29, 1.82) is 0 Å². The zero-order valence-corrected chi connectivity index (χ0v) is 15.8. The third-order valence-corrected chi connectivity index (χ3v) is 4.82. The molecule has 6 nitrogen and oxygen atoms in total. The first-order valence-electron chi connectivity index (χ1n) is 8.91. The fourth-order valence-electron chi connectivity index (χ4n) is 3.29. The van der Waals surface area contributed by atoms with Crippen LogP contribution in [0.3, 0.4) is 0 Å². The summed E-state index contributed by atoms with van der Waals surface area (Å²) in [6.45, 7) is 5.08. The van der Waals surface area contributed by atoms with E-state index in [2.05, 4.69) is 4.98 Å². The zero-order chi connectivity index (χ0) is 18.8. The summed E-state index contributed by atoms with van der Waals surface area (Å²) >= 11 is 0. The number of hydrogen-bond donors (Lipinski definition) is 0. The van der Waals surface area contributed by atoms with Gasteiger partial charge < -0.3 is 14.2 Å². The summed E-state index contributed by atoms with van der Waals surface area (Å²) in [6.07, 6.45) is 1.57. The Hall–Kier alpha value is -2.63. The van der Waals surface area contributed by atoms with E-state index in [0.29, 0.717) is 30.4 Å². The second kappa shape index (κ2) is 7.32. The van der Waals surface area contributed by atoms with Crippen molar-refractivity contribution in [3.63, 3.8) is 0 Å². The summed E-state index contributed by atoms with van der Waals surface area (Å²) in [7, 11) is 3.40. The van der Waals surface area contributed by atoms with Gasteiger partial charge in [-0.15, -0.1) is 0 Å². The Balaban J connectivity index is 1.66. The van der Waals surface area contributed by atoms with E-state index in [-0.39, 0.29) is 17.7 Å². The summed E-state index contributed by atoms with van der Waals surface area (Å²) in [5.74, 6) is 1.22. The van der Waals surface area contributed by atoms with Crippen LogP contribution in [0.25, 0.3) is 0 Å². The maximum absolute atomic E-state index is 12.7. The van der Waals surface area contributed by atoms with Crippen molar-refractivity contribution in [2.24, 2.45) is 0 Å². The lowest BCUT2D eigenvalue weighted by molar-refractivity contribution is 0.0705. The van der Waals surface area contributed by atoms with Crippen LogP contribution in [0, 0.1) is 13.8 Å². The maximum atomic E-state index is 12.7. The van der Waals surface area contributed by atoms with Gasteiger partial charge in [-0.1, -0.05) is 17.7 Å². The Kier molecular flexibility index (Phi) is 5.11. The number of amides is 2. The Labute approximate surface area is 153 Å². The number of hydrogen-bond acceptors (Lipinski definition) is 4. The fraction of sp³-hybridized carbons (Fsp3) is 0.450. The van der Waals surface area contributed by atoms with Crippen LogP contribution in [0.2, 0.25) is 0 Å². The minimum absolute atomic E-state index is 0.0687. The molecule has 1 aliphatic rings. The van der Waals surface area contributed by atoms with Gasteiger partial charge in [0.25, 0.3) is 11.8 Å². The average molecular weight is 355 g/mol. The smallest absolute Gasteiger partial charge is 0.275 e. The molecular weight excluding hydrogens is 330 g/mol. The molecule has 0 spiro atoms. The minimum Gasteiger partial charge on any atom is -0.445 e. The van der Waals surface area contributed by atoms with E-state index < -0.39 is 0 Å². The highest BCUT2D eigenvalue weighted by atomic mass is 16.4. The highest BCUT2D eigenvalue weighted by molar-refractivity contribution is 5.94. The third-order valence-electron chi connectivity index (χ3n) is 4.82. The molecule has 138 valence electrons. The molecular formula is C20H25N3O3. The summed E-state index contributed by atoms with van der Waals surface area (Å²) < 4.78 is 5.76. The number of aryl methyl sites for hydroxylation is 2. The van der Waals surface area contributed by atoms with Crippen LogP contribution in [0.1, 0.15) is 56.8 Å². The molecule has 2 aromatic rings. The average Bonchev–Trinajstić information content (AvgIpc) is 3.02. The molecule has 2 heterocycles. The van der Waals surface area contributed by atoms with Crippen molar-refractivity contribution >= 4 is 11.8 Å². The molecule has 0 unspecified atom stereocenters. The molecule has 1 fully saturated rings. The van der Waals surface area contributed by atoms with Crippen molar-refractivity contribution < 1.29 is 14.0 Å². The van der Waals surface area contributed by atoms with Gasteiger partial charge in [-0.05, 0) is 38.8 Å². The zero-order valence-electron chi connectivity index (χ0n) is 15.8. The molecule has 1 aliphatic heterocycles. The predicted octanol–water partition coefficient (Wildman–Crippen LogP) is 3.01. The number of nitrogens with zero attached hydrogens (tertiary/aromatic N) is 3. The van der Waals surface area contributed by atoms with Gasteiger partial charge in [-0.2, -0.15) is 0 Å². The largest absolute Gasteiger partial charge is 0.445 e. The minimum atomic E-state index is -0.149. The fourth-order valence-corrected chi connectivity index (χ4v) is 3.29. The van der Waals surface area contributed by atoms with Gasteiger partial charge in [0.1, 0.15) is 5.76 Å². The molecule has 0 radical (unpaired) electrons. The molecule has 0 N–H and O–H groups in total.